The number of aryl methyl sites for hydroxylation is 1. The maximum Gasteiger partial charge on any atom is 0.258 e. The molecule has 2 heterocycles. The zero-order valence-corrected chi connectivity index (χ0v) is 14.7. The zero-order chi connectivity index (χ0) is 17.8. The Morgan fingerprint density at radius 1 is 1.28 bits per heavy atom. The van der Waals surface area contributed by atoms with Crippen LogP contribution in [-0.2, 0) is 0 Å². The van der Waals surface area contributed by atoms with Crippen LogP contribution < -0.4 is 5.32 Å². The first-order chi connectivity index (χ1) is 12.1. The number of benzene rings is 1. The van der Waals surface area contributed by atoms with Crippen LogP contribution in [0.3, 0.4) is 0 Å². The van der Waals surface area contributed by atoms with Crippen LogP contribution in [0.25, 0.3) is 11.5 Å². The van der Waals surface area contributed by atoms with Gasteiger partial charge in [-0.25, -0.2) is 9.97 Å². The van der Waals surface area contributed by atoms with Gasteiger partial charge in [0.1, 0.15) is 11.3 Å². The van der Waals surface area contributed by atoms with Crippen LogP contribution >= 0.6 is 11.3 Å². The number of aromatic nitrogens is 3. The first-order valence-electron chi connectivity index (χ1n) is 7.92. The lowest BCUT2D eigenvalue weighted by molar-refractivity contribution is 0.0931. The van der Waals surface area contributed by atoms with Gasteiger partial charge in [0.2, 0.25) is 5.88 Å². The van der Waals surface area contributed by atoms with E-state index in [9.17, 15) is 9.90 Å². The van der Waals surface area contributed by atoms with Crippen molar-refractivity contribution in [3.63, 3.8) is 0 Å². The fourth-order valence-electron chi connectivity index (χ4n) is 2.46. The molecule has 1 atom stereocenters. The van der Waals surface area contributed by atoms with E-state index in [0.717, 1.165) is 17.0 Å². The number of rotatable bonds is 5. The molecule has 0 saturated carbocycles. The Morgan fingerprint density at radius 3 is 2.64 bits per heavy atom. The fourth-order valence-corrected chi connectivity index (χ4v) is 3.06. The molecule has 1 amide bonds. The molecule has 3 rings (SSSR count). The van der Waals surface area contributed by atoms with Gasteiger partial charge in [-0.1, -0.05) is 37.3 Å². The molecule has 2 aromatic heterocycles. The highest BCUT2D eigenvalue weighted by atomic mass is 32.1. The van der Waals surface area contributed by atoms with E-state index in [-0.39, 0.29) is 17.5 Å². The van der Waals surface area contributed by atoms with Gasteiger partial charge in [0.25, 0.3) is 5.91 Å². The third-order valence-electron chi connectivity index (χ3n) is 3.78. The smallest absolute Gasteiger partial charge is 0.258 e. The van der Waals surface area contributed by atoms with Crippen LogP contribution in [-0.4, -0.2) is 26.0 Å². The highest BCUT2D eigenvalue weighted by Crippen LogP contribution is 2.23. The molecule has 7 heteroatoms. The Hall–Kier alpha value is -2.80. The van der Waals surface area contributed by atoms with Crippen LogP contribution in [0.5, 0.6) is 5.88 Å². The number of carbonyl (C=O) groups excluding carboxylic acids is 1. The molecule has 1 unspecified atom stereocenters. The Labute approximate surface area is 149 Å². The first kappa shape index (κ1) is 17.0. The van der Waals surface area contributed by atoms with Gasteiger partial charge in [0.15, 0.2) is 5.82 Å². The number of amides is 1. The van der Waals surface area contributed by atoms with E-state index < -0.39 is 5.91 Å². The monoisotopic (exact) mass is 354 g/mol. The second-order valence-electron chi connectivity index (χ2n) is 5.53. The second-order valence-corrected chi connectivity index (χ2v) is 6.59. The Kier molecular flexibility index (Phi) is 5.04. The number of thiazole rings is 1. The van der Waals surface area contributed by atoms with E-state index in [1.807, 2.05) is 49.6 Å². The number of aromatic hydroxyl groups is 1. The summed E-state index contributed by atoms with van der Waals surface area (Å²) in [7, 11) is 0. The minimum absolute atomic E-state index is 0.0464. The first-order valence-corrected chi connectivity index (χ1v) is 8.80. The Morgan fingerprint density at radius 2 is 2.04 bits per heavy atom. The quantitative estimate of drug-likeness (QED) is 0.732. The van der Waals surface area contributed by atoms with Crippen molar-refractivity contribution in [1.82, 2.24) is 20.3 Å². The van der Waals surface area contributed by atoms with Gasteiger partial charge in [-0.2, -0.15) is 4.98 Å². The normalized spacial score (nSPS) is 11.9. The minimum atomic E-state index is -0.408. The van der Waals surface area contributed by atoms with Crippen molar-refractivity contribution < 1.29 is 9.90 Å². The van der Waals surface area contributed by atoms with Crippen LogP contribution in [0.15, 0.2) is 41.9 Å². The van der Waals surface area contributed by atoms with Gasteiger partial charge in [-0.05, 0) is 18.9 Å². The van der Waals surface area contributed by atoms with Crippen molar-refractivity contribution in [2.45, 2.75) is 26.3 Å². The van der Waals surface area contributed by atoms with E-state index in [1.54, 1.807) is 0 Å². The molecule has 0 aliphatic carbocycles. The van der Waals surface area contributed by atoms with E-state index in [2.05, 4.69) is 20.3 Å². The number of nitrogens with zero attached hydrogens (tertiary/aromatic N) is 3. The molecule has 0 aliphatic heterocycles. The summed E-state index contributed by atoms with van der Waals surface area (Å²) in [6.07, 6.45) is 2.06. The SMILES string of the molecule is CCC(NC(=O)c1cnc(-c2csc(C)n2)nc1O)c1ccccc1. The predicted molar refractivity (Wildman–Crippen MR) is 96.5 cm³/mol. The van der Waals surface area contributed by atoms with E-state index in [4.69, 9.17) is 0 Å². The highest BCUT2D eigenvalue weighted by Gasteiger charge is 2.19. The molecule has 0 spiro atoms. The second kappa shape index (κ2) is 7.40. The lowest BCUT2D eigenvalue weighted by atomic mass is 10.0. The molecule has 0 aliphatic rings. The number of hydrogen-bond acceptors (Lipinski definition) is 6. The summed E-state index contributed by atoms with van der Waals surface area (Å²) in [5.74, 6) is -0.459. The lowest BCUT2D eigenvalue weighted by Crippen LogP contribution is -2.28. The summed E-state index contributed by atoms with van der Waals surface area (Å²) in [6.45, 7) is 3.87. The summed E-state index contributed by atoms with van der Waals surface area (Å²) < 4.78 is 0. The summed E-state index contributed by atoms with van der Waals surface area (Å²) in [4.78, 5) is 24.9. The van der Waals surface area contributed by atoms with Crippen molar-refractivity contribution in [3.05, 3.63) is 58.0 Å². The fraction of sp³-hybridized carbons (Fsp3) is 0.222. The van der Waals surface area contributed by atoms with Crippen molar-refractivity contribution >= 4 is 17.2 Å². The summed E-state index contributed by atoms with van der Waals surface area (Å²) in [5, 5.41) is 15.8. The molecule has 1 aromatic carbocycles. The summed E-state index contributed by atoms with van der Waals surface area (Å²) in [5.41, 5.74) is 1.64. The molecule has 3 aromatic rings. The molecular formula is C18H18N4O2S. The van der Waals surface area contributed by atoms with Gasteiger partial charge >= 0.3 is 0 Å². The van der Waals surface area contributed by atoms with Gasteiger partial charge < -0.3 is 10.4 Å². The Balaban J connectivity index is 1.80. The molecular weight excluding hydrogens is 336 g/mol. The van der Waals surface area contributed by atoms with Crippen molar-refractivity contribution in [3.8, 4) is 17.4 Å². The van der Waals surface area contributed by atoms with Crippen molar-refractivity contribution in [1.29, 1.82) is 0 Å². The molecule has 128 valence electrons. The van der Waals surface area contributed by atoms with Crippen molar-refractivity contribution in [2.24, 2.45) is 0 Å². The van der Waals surface area contributed by atoms with E-state index in [0.29, 0.717) is 11.5 Å². The summed E-state index contributed by atoms with van der Waals surface area (Å²) >= 11 is 1.47. The van der Waals surface area contributed by atoms with Gasteiger partial charge in [-0.15, -0.1) is 11.3 Å². The van der Waals surface area contributed by atoms with Crippen LogP contribution in [0, 0.1) is 6.92 Å². The van der Waals surface area contributed by atoms with E-state index >= 15 is 0 Å². The average molecular weight is 354 g/mol. The van der Waals surface area contributed by atoms with Crippen LogP contribution in [0.4, 0.5) is 0 Å². The maximum absolute atomic E-state index is 12.5. The zero-order valence-electron chi connectivity index (χ0n) is 13.9. The molecule has 0 radical (unpaired) electrons. The number of nitrogens with one attached hydrogen (secondary N) is 1. The van der Waals surface area contributed by atoms with Gasteiger partial charge in [0, 0.05) is 11.6 Å². The highest BCUT2D eigenvalue weighted by molar-refractivity contribution is 7.09. The van der Waals surface area contributed by atoms with Gasteiger partial charge in [0.05, 0.1) is 11.0 Å². The maximum atomic E-state index is 12.5. The van der Waals surface area contributed by atoms with Crippen LogP contribution in [0.1, 0.15) is 40.3 Å². The van der Waals surface area contributed by atoms with E-state index in [1.165, 1.54) is 17.5 Å². The molecule has 25 heavy (non-hydrogen) atoms. The molecule has 0 saturated heterocycles. The molecule has 2 N–H and O–H groups in total. The average Bonchev–Trinajstić information content (AvgIpc) is 3.06. The third-order valence-corrected chi connectivity index (χ3v) is 4.55. The Bertz CT molecular complexity index is 880. The van der Waals surface area contributed by atoms with Crippen LogP contribution in [0.2, 0.25) is 0 Å². The van der Waals surface area contributed by atoms with Crippen molar-refractivity contribution in [2.75, 3.05) is 0 Å². The molecule has 6 nitrogen and oxygen atoms in total. The topological polar surface area (TPSA) is 88.0 Å². The largest absolute Gasteiger partial charge is 0.493 e. The molecule has 0 bridgehead atoms. The third kappa shape index (κ3) is 3.83. The summed E-state index contributed by atoms with van der Waals surface area (Å²) in [6, 6.07) is 9.55. The van der Waals surface area contributed by atoms with Gasteiger partial charge in [-0.3, -0.25) is 4.79 Å². The lowest BCUT2D eigenvalue weighted by Gasteiger charge is -2.17. The standard InChI is InChI=1S/C18H18N4O2S/c1-3-14(12-7-5-4-6-8-12)21-17(23)13-9-19-16(22-18(13)24)15-10-25-11(2)20-15/h4-10,14H,3H2,1-2H3,(H,21,23)(H,19,22,24). The number of carbonyl (C=O) groups is 1. The minimum Gasteiger partial charge on any atom is -0.493 e. The molecule has 0 fully saturated rings. The predicted octanol–water partition coefficient (Wildman–Crippen LogP) is 3.50. The number of hydrogen-bond donors (Lipinski definition) is 2.